The summed E-state index contributed by atoms with van der Waals surface area (Å²) in [5.41, 5.74) is -0.140. The molecule has 1 aromatic carbocycles. The van der Waals surface area contributed by atoms with Crippen molar-refractivity contribution in [1.82, 2.24) is 4.90 Å². The van der Waals surface area contributed by atoms with Crippen molar-refractivity contribution in [2.24, 2.45) is 0 Å². The van der Waals surface area contributed by atoms with Gasteiger partial charge in [0.2, 0.25) is 0 Å². The van der Waals surface area contributed by atoms with E-state index in [1.165, 1.54) is 0 Å². The van der Waals surface area contributed by atoms with Crippen LogP contribution in [0.1, 0.15) is 23.2 Å². The van der Waals surface area contributed by atoms with Gasteiger partial charge in [0.15, 0.2) is 0 Å². The lowest BCUT2D eigenvalue weighted by Crippen LogP contribution is -2.48. The molecule has 0 atom stereocenters. The molecule has 0 spiro atoms. The number of amides is 1. The summed E-state index contributed by atoms with van der Waals surface area (Å²) in [5.74, 6) is -1.51. The van der Waals surface area contributed by atoms with Gasteiger partial charge in [-0.3, -0.25) is 4.79 Å². The fourth-order valence-corrected chi connectivity index (χ4v) is 2.62. The zero-order valence-corrected chi connectivity index (χ0v) is 12.3. The largest absolute Gasteiger partial charge is 0.406 e. The fraction of sp³-hybridized carbons (Fsp3) is 0.500. The molecule has 0 radical (unpaired) electrons. The molecule has 1 fully saturated rings. The van der Waals surface area contributed by atoms with E-state index in [1.54, 1.807) is 0 Å². The summed E-state index contributed by atoms with van der Waals surface area (Å²) < 4.78 is 56.5. The molecule has 1 amide bonds. The first-order chi connectivity index (χ1) is 10.3. The summed E-state index contributed by atoms with van der Waals surface area (Å²) in [5, 5.41) is -0.204. The third kappa shape index (κ3) is 4.33. The number of nitrogens with zero attached hydrogens (tertiary/aromatic N) is 1. The van der Waals surface area contributed by atoms with Crippen molar-refractivity contribution >= 4 is 17.5 Å². The standard InChI is InChI=1S/C14H14ClF4NO2/c15-12-7-9(16)1-2-11(12)13(21)20(8-14(17,18)19)10-3-5-22-6-4-10/h1-2,7,10H,3-6,8H2. The lowest BCUT2D eigenvalue weighted by Gasteiger charge is -2.35. The number of hydrogen-bond acceptors (Lipinski definition) is 2. The molecular weight excluding hydrogens is 326 g/mol. The maximum Gasteiger partial charge on any atom is 0.406 e. The Morgan fingerprint density at radius 2 is 1.95 bits per heavy atom. The van der Waals surface area contributed by atoms with Gasteiger partial charge in [-0.15, -0.1) is 0 Å². The molecular formula is C14H14ClF4NO2. The normalized spacial score (nSPS) is 16.6. The molecule has 1 aliphatic heterocycles. The van der Waals surface area contributed by atoms with Gasteiger partial charge in [0, 0.05) is 19.3 Å². The average molecular weight is 340 g/mol. The fourth-order valence-electron chi connectivity index (χ4n) is 2.37. The molecule has 1 heterocycles. The van der Waals surface area contributed by atoms with Crippen molar-refractivity contribution in [1.29, 1.82) is 0 Å². The number of carbonyl (C=O) groups is 1. The summed E-state index contributed by atoms with van der Waals surface area (Å²) in [4.78, 5) is 13.2. The smallest absolute Gasteiger partial charge is 0.381 e. The molecule has 122 valence electrons. The first kappa shape index (κ1) is 17.0. The van der Waals surface area contributed by atoms with Crippen LogP contribution in [-0.2, 0) is 4.74 Å². The number of halogens is 5. The number of hydrogen-bond donors (Lipinski definition) is 0. The van der Waals surface area contributed by atoms with Gasteiger partial charge in [-0.1, -0.05) is 11.6 Å². The molecule has 0 saturated carbocycles. The maximum atomic E-state index is 13.0. The van der Waals surface area contributed by atoms with Gasteiger partial charge in [-0.05, 0) is 31.0 Å². The number of benzene rings is 1. The summed E-state index contributed by atoms with van der Waals surface area (Å²) in [6.45, 7) is -0.781. The van der Waals surface area contributed by atoms with E-state index >= 15 is 0 Å². The van der Waals surface area contributed by atoms with Crippen molar-refractivity contribution in [3.8, 4) is 0 Å². The second-order valence-electron chi connectivity index (χ2n) is 5.02. The third-order valence-electron chi connectivity index (χ3n) is 3.40. The Kier molecular flexibility index (Phi) is 5.28. The van der Waals surface area contributed by atoms with Crippen LogP contribution in [0.5, 0.6) is 0 Å². The topological polar surface area (TPSA) is 29.5 Å². The van der Waals surface area contributed by atoms with Crippen LogP contribution in [0, 0.1) is 5.82 Å². The van der Waals surface area contributed by atoms with E-state index in [0.29, 0.717) is 26.1 Å². The van der Waals surface area contributed by atoms with Crippen molar-refractivity contribution in [3.63, 3.8) is 0 Å². The molecule has 8 heteroatoms. The lowest BCUT2D eigenvalue weighted by molar-refractivity contribution is -0.147. The van der Waals surface area contributed by atoms with Gasteiger partial charge < -0.3 is 9.64 Å². The maximum absolute atomic E-state index is 13.0. The van der Waals surface area contributed by atoms with Crippen molar-refractivity contribution in [2.45, 2.75) is 25.1 Å². The van der Waals surface area contributed by atoms with Crippen LogP contribution in [-0.4, -0.2) is 42.8 Å². The zero-order chi connectivity index (χ0) is 16.3. The van der Waals surface area contributed by atoms with Crippen LogP contribution in [0.25, 0.3) is 0 Å². The monoisotopic (exact) mass is 339 g/mol. The highest BCUT2D eigenvalue weighted by atomic mass is 35.5. The van der Waals surface area contributed by atoms with Gasteiger partial charge in [0.1, 0.15) is 12.4 Å². The molecule has 3 nitrogen and oxygen atoms in total. The van der Waals surface area contributed by atoms with E-state index in [1.807, 2.05) is 0 Å². The molecule has 1 aliphatic rings. The predicted octanol–water partition coefficient (Wildman–Crippen LogP) is 3.66. The Balaban J connectivity index is 2.28. The summed E-state index contributed by atoms with van der Waals surface area (Å²) in [7, 11) is 0. The first-order valence-electron chi connectivity index (χ1n) is 6.68. The van der Waals surface area contributed by atoms with E-state index in [4.69, 9.17) is 16.3 Å². The molecule has 2 rings (SSSR count). The van der Waals surface area contributed by atoms with Gasteiger partial charge in [0.25, 0.3) is 5.91 Å². The Bertz CT molecular complexity index is 544. The van der Waals surface area contributed by atoms with E-state index < -0.39 is 30.5 Å². The summed E-state index contributed by atoms with van der Waals surface area (Å²) >= 11 is 5.79. The number of ether oxygens (including phenoxy) is 1. The highest BCUT2D eigenvalue weighted by Crippen LogP contribution is 2.26. The Labute approximate surface area is 129 Å². The predicted molar refractivity (Wildman–Crippen MR) is 72.3 cm³/mol. The van der Waals surface area contributed by atoms with Crippen molar-refractivity contribution < 1.29 is 27.1 Å². The van der Waals surface area contributed by atoms with E-state index in [2.05, 4.69) is 0 Å². The van der Waals surface area contributed by atoms with Crippen LogP contribution >= 0.6 is 11.6 Å². The highest BCUT2D eigenvalue weighted by Gasteiger charge is 2.37. The number of carbonyl (C=O) groups excluding carboxylic acids is 1. The van der Waals surface area contributed by atoms with E-state index in [0.717, 1.165) is 23.1 Å². The van der Waals surface area contributed by atoms with Crippen LogP contribution in [0.3, 0.4) is 0 Å². The van der Waals surface area contributed by atoms with Crippen LogP contribution in [0.2, 0.25) is 5.02 Å². The Morgan fingerprint density at radius 1 is 1.32 bits per heavy atom. The van der Waals surface area contributed by atoms with Gasteiger partial charge in [0.05, 0.1) is 10.6 Å². The van der Waals surface area contributed by atoms with Crippen molar-refractivity contribution in [2.75, 3.05) is 19.8 Å². The number of rotatable bonds is 3. The van der Waals surface area contributed by atoms with Crippen LogP contribution in [0.4, 0.5) is 17.6 Å². The third-order valence-corrected chi connectivity index (χ3v) is 3.72. The summed E-state index contributed by atoms with van der Waals surface area (Å²) in [6, 6.07) is 2.42. The number of alkyl halides is 3. The molecule has 1 saturated heterocycles. The SMILES string of the molecule is O=C(c1ccc(F)cc1Cl)N(CC(F)(F)F)C1CCOCC1. The van der Waals surface area contributed by atoms with E-state index in [9.17, 15) is 22.4 Å². The molecule has 0 bridgehead atoms. The van der Waals surface area contributed by atoms with Crippen LogP contribution in [0.15, 0.2) is 18.2 Å². The van der Waals surface area contributed by atoms with Gasteiger partial charge in [-0.2, -0.15) is 13.2 Å². The molecule has 22 heavy (non-hydrogen) atoms. The molecule has 0 unspecified atom stereocenters. The van der Waals surface area contributed by atoms with Gasteiger partial charge >= 0.3 is 6.18 Å². The minimum Gasteiger partial charge on any atom is -0.381 e. The Morgan fingerprint density at radius 3 is 2.50 bits per heavy atom. The second-order valence-corrected chi connectivity index (χ2v) is 5.42. The van der Waals surface area contributed by atoms with Crippen molar-refractivity contribution in [3.05, 3.63) is 34.6 Å². The first-order valence-corrected chi connectivity index (χ1v) is 7.06. The quantitative estimate of drug-likeness (QED) is 0.787. The highest BCUT2D eigenvalue weighted by molar-refractivity contribution is 6.33. The minimum absolute atomic E-state index is 0.140. The second kappa shape index (κ2) is 6.83. The van der Waals surface area contributed by atoms with Crippen LogP contribution < -0.4 is 0 Å². The average Bonchev–Trinajstić information content (AvgIpc) is 2.44. The minimum atomic E-state index is -4.53. The lowest BCUT2D eigenvalue weighted by atomic mass is 10.1. The molecule has 0 aliphatic carbocycles. The molecule has 1 aromatic rings. The molecule has 0 N–H and O–H groups in total. The molecule has 0 aromatic heterocycles. The zero-order valence-electron chi connectivity index (χ0n) is 11.5. The van der Waals surface area contributed by atoms with Gasteiger partial charge in [-0.25, -0.2) is 4.39 Å². The summed E-state index contributed by atoms with van der Waals surface area (Å²) in [6.07, 6.45) is -3.89. The van der Waals surface area contributed by atoms with E-state index in [-0.39, 0.29) is 10.6 Å². The Hall–Kier alpha value is -1.34.